The van der Waals surface area contributed by atoms with Crippen molar-refractivity contribution in [1.82, 2.24) is 0 Å². The summed E-state index contributed by atoms with van der Waals surface area (Å²) in [6.07, 6.45) is 5.74. The van der Waals surface area contributed by atoms with Gasteiger partial charge >= 0.3 is 0 Å². The van der Waals surface area contributed by atoms with Gasteiger partial charge in [0.1, 0.15) is 12.4 Å². The highest BCUT2D eigenvalue weighted by Gasteiger charge is 2.05. The highest BCUT2D eigenvalue weighted by Crippen LogP contribution is 2.18. The van der Waals surface area contributed by atoms with E-state index in [1.807, 2.05) is 73.8 Å². The van der Waals surface area contributed by atoms with E-state index in [9.17, 15) is 0 Å². The Labute approximate surface area is 131 Å². The Morgan fingerprint density at radius 1 is 1.09 bits per heavy atom. The van der Waals surface area contributed by atoms with E-state index in [0.29, 0.717) is 6.61 Å². The summed E-state index contributed by atoms with van der Waals surface area (Å²) in [5.74, 6) is 1.66. The van der Waals surface area contributed by atoms with Gasteiger partial charge in [-0.1, -0.05) is 29.4 Å². The van der Waals surface area contributed by atoms with Crippen molar-refractivity contribution < 1.29 is 14.9 Å². The van der Waals surface area contributed by atoms with Crippen LogP contribution in [-0.4, -0.2) is 19.9 Å². The van der Waals surface area contributed by atoms with Crippen molar-refractivity contribution >= 4 is 11.9 Å². The van der Waals surface area contributed by atoms with Gasteiger partial charge < -0.3 is 9.47 Å². The van der Waals surface area contributed by atoms with Crippen molar-refractivity contribution in [2.24, 2.45) is 5.10 Å². The lowest BCUT2D eigenvalue weighted by atomic mass is 10.2. The SMILES string of the molecule is C/C=C/COc1ccccc1[NH2+]/N=C\c1ccc(OC)cc1. The maximum absolute atomic E-state index is 5.70. The van der Waals surface area contributed by atoms with Gasteiger partial charge in [0.15, 0.2) is 11.4 Å². The monoisotopic (exact) mass is 297 g/mol. The molecule has 0 bridgehead atoms. The molecule has 2 aromatic rings. The minimum absolute atomic E-state index is 0.559. The van der Waals surface area contributed by atoms with Crippen molar-refractivity contribution in [2.75, 3.05) is 13.7 Å². The minimum atomic E-state index is 0.559. The second kappa shape index (κ2) is 8.64. The number of benzene rings is 2. The molecule has 2 rings (SSSR count). The Balaban J connectivity index is 1.99. The molecule has 0 atom stereocenters. The summed E-state index contributed by atoms with van der Waals surface area (Å²) in [5, 5.41) is 4.37. The first kappa shape index (κ1) is 15.8. The fraction of sp³-hybridized carbons (Fsp3) is 0.167. The van der Waals surface area contributed by atoms with Crippen molar-refractivity contribution in [3.63, 3.8) is 0 Å². The van der Waals surface area contributed by atoms with Crippen LogP contribution in [0, 0.1) is 0 Å². The molecule has 0 aliphatic rings. The molecule has 0 aliphatic carbocycles. The van der Waals surface area contributed by atoms with Crippen LogP contribution in [0.4, 0.5) is 5.69 Å². The summed E-state index contributed by atoms with van der Waals surface area (Å²) < 4.78 is 10.8. The second-order valence-corrected chi connectivity index (χ2v) is 4.60. The molecule has 22 heavy (non-hydrogen) atoms. The highest BCUT2D eigenvalue weighted by molar-refractivity contribution is 5.79. The van der Waals surface area contributed by atoms with Gasteiger partial charge in [-0.15, -0.1) is 0 Å². The molecule has 0 saturated heterocycles. The van der Waals surface area contributed by atoms with Crippen molar-refractivity contribution in [3.05, 3.63) is 66.2 Å². The molecular formula is C18H21N2O2+. The number of para-hydroxylation sites is 1. The molecule has 4 heteroatoms. The fourth-order valence-electron chi connectivity index (χ4n) is 1.85. The lowest BCUT2D eigenvalue weighted by molar-refractivity contribution is -0.577. The van der Waals surface area contributed by atoms with E-state index in [4.69, 9.17) is 9.47 Å². The first-order valence-corrected chi connectivity index (χ1v) is 7.17. The third-order valence-corrected chi connectivity index (χ3v) is 3.04. The largest absolute Gasteiger partial charge is 0.497 e. The second-order valence-electron chi connectivity index (χ2n) is 4.60. The van der Waals surface area contributed by atoms with Crippen LogP contribution in [0.3, 0.4) is 0 Å². The third-order valence-electron chi connectivity index (χ3n) is 3.04. The Kier molecular flexibility index (Phi) is 6.20. The van der Waals surface area contributed by atoms with Gasteiger partial charge in [0, 0.05) is 6.07 Å². The van der Waals surface area contributed by atoms with Gasteiger partial charge in [-0.25, -0.2) is 0 Å². The third kappa shape index (κ3) is 4.75. The molecule has 0 radical (unpaired) electrons. The molecule has 2 aromatic carbocycles. The van der Waals surface area contributed by atoms with E-state index in [2.05, 4.69) is 5.10 Å². The summed E-state index contributed by atoms with van der Waals surface area (Å²) >= 11 is 0. The fourth-order valence-corrected chi connectivity index (χ4v) is 1.85. The Morgan fingerprint density at radius 2 is 1.86 bits per heavy atom. The van der Waals surface area contributed by atoms with Gasteiger partial charge in [0.2, 0.25) is 0 Å². The molecule has 114 valence electrons. The molecule has 0 aliphatic heterocycles. The van der Waals surface area contributed by atoms with Gasteiger partial charge in [0.25, 0.3) is 0 Å². The van der Waals surface area contributed by atoms with Gasteiger partial charge in [-0.3, -0.25) is 0 Å². The Bertz CT molecular complexity index is 634. The Hall–Kier alpha value is -2.59. The molecule has 0 saturated carbocycles. The number of hydrogen-bond acceptors (Lipinski definition) is 3. The van der Waals surface area contributed by atoms with Crippen LogP contribution < -0.4 is 14.9 Å². The summed E-state index contributed by atoms with van der Waals surface area (Å²) in [5.41, 5.74) is 3.77. The van der Waals surface area contributed by atoms with E-state index in [1.54, 1.807) is 12.5 Å². The van der Waals surface area contributed by atoms with E-state index < -0.39 is 0 Å². The number of ether oxygens (including phenoxy) is 2. The number of hydrogen-bond donors (Lipinski definition) is 1. The van der Waals surface area contributed by atoms with Crippen LogP contribution in [0.25, 0.3) is 0 Å². The average Bonchev–Trinajstić information content (AvgIpc) is 2.57. The lowest BCUT2D eigenvalue weighted by Crippen LogP contribution is -2.71. The summed E-state index contributed by atoms with van der Waals surface area (Å²) in [4.78, 5) is 0. The summed E-state index contributed by atoms with van der Waals surface area (Å²) in [6, 6.07) is 15.6. The maximum atomic E-state index is 5.70. The predicted octanol–water partition coefficient (Wildman–Crippen LogP) is 2.88. The zero-order valence-electron chi connectivity index (χ0n) is 12.9. The zero-order chi connectivity index (χ0) is 15.6. The standard InChI is InChI=1S/C18H20N2O2/c1-3-4-13-22-18-8-6-5-7-17(18)20-19-14-15-9-11-16(21-2)12-10-15/h3-12,14,20H,13H2,1-2H3/p+1/b4-3+,19-14-. The van der Waals surface area contributed by atoms with Gasteiger partial charge in [-0.05, 0) is 42.8 Å². The number of nitrogens with zero attached hydrogens (tertiary/aromatic N) is 1. The zero-order valence-corrected chi connectivity index (χ0v) is 12.9. The molecule has 0 heterocycles. The van der Waals surface area contributed by atoms with E-state index in [0.717, 1.165) is 22.7 Å². The first-order chi connectivity index (χ1) is 10.8. The Morgan fingerprint density at radius 3 is 2.59 bits per heavy atom. The maximum Gasteiger partial charge on any atom is 0.198 e. The smallest absolute Gasteiger partial charge is 0.198 e. The van der Waals surface area contributed by atoms with Crippen LogP contribution >= 0.6 is 0 Å². The number of methoxy groups -OCH3 is 1. The van der Waals surface area contributed by atoms with Crippen molar-refractivity contribution in [2.45, 2.75) is 6.92 Å². The molecule has 0 amide bonds. The minimum Gasteiger partial charge on any atom is -0.497 e. The summed E-state index contributed by atoms with van der Waals surface area (Å²) in [6.45, 7) is 2.53. The molecule has 0 aromatic heterocycles. The number of nitrogens with two attached hydrogens (primary N) is 1. The van der Waals surface area contributed by atoms with Crippen LogP contribution in [-0.2, 0) is 0 Å². The molecule has 0 unspecified atom stereocenters. The van der Waals surface area contributed by atoms with E-state index >= 15 is 0 Å². The van der Waals surface area contributed by atoms with E-state index in [1.165, 1.54) is 0 Å². The van der Waals surface area contributed by atoms with Crippen molar-refractivity contribution in [3.8, 4) is 11.5 Å². The predicted molar refractivity (Wildman–Crippen MR) is 88.9 cm³/mol. The topological polar surface area (TPSA) is 47.4 Å². The van der Waals surface area contributed by atoms with E-state index in [-0.39, 0.29) is 0 Å². The summed E-state index contributed by atoms with van der Waals surface area (Å²) in [7, 11) is 1.65. The first-order valence-electron chi connectivity index (χ1n) is 7.17. The number of allylic oxidation sites excluding steroid dienone is 1. The quantitative estimate of drug-likeness (QED) is 0.281. The average molecular weight is 297 g/mol. The molecule has 2 N–H and O–H groups in total. The molecule has 0 fully saturated rings. The number of quaternary nitrogens is 1. The highest BCUT2D eigenvalue weighted by atomic mass is 16.5. The van der Waals surface area contributed by atoms with Gasteiger partial charge in [0.05, 0.1) is 13.3 Å². The molecule has 0 spiro atoms. The van der Waals surface area contributed by atoms with Crippen LogP contribution in [0.2, 0.25) is 0 Å². The molecule has 4 nitrogen and oxygen atoms in total. The lowest BCUT2D eigenvalue weighted by Gasteiger charge is -2.05. The van der Waals surface area contributed by atoms with Gasteiger partial charge in [-0.2, -0.15) is 5.43 Å². The normalized spacial score (nSPS) is 11.2. The molecular weight excluding hydrogens is 276 g/mol. The number of rotatable bonds is 7. The van der Waals surface area contributed by atoms with Crippen molar-refractivity contribution in [1.29, 1.82) is 0 Å². The van der Waals surface area contributed by atoms with Crippen LogP contribution in [0.15, 0.2) is 65.8 Å². The van der Waals surface area contributed by atoms with Crippen LogP contribution in [0.5, 0.6) is 11.5 Å². The van der Waals surface area contributed by atoms with Crippen LogP contribution in [0.1, 0.15) is 12.5 Å².